The van der Waals surface area contributed by atoms with Gasteiger partial charge in [0.25, 0.3) is 0 Å². The second-order valence-electron chi connectivity index (χ2n) is 8.84. The summed E-state index contributed by atoms with van der Waals surface area (Å²) < 4.78 is 39.9. The van der Waals surface area contributed by atoms with E-state index in [9.17, 15) is 23.1 Å². The van der Waals surface area contributed by atoms with Gasteiger partial charge in [-0.3, -0.25) is 0 Å². The maximum Gasteiger partial charge on any atom is 0.416 e. The van der Waals surface area contributed by atoms with E-state index in [4.69, 9.17) is 0 Å². The van der Waals surface area contributed by atoms with E-state index < -0.39 is 17.7 Å². The van der Waals surface area contributed by atoms with Crippen molar-refractivity contribution in [2.45, 2.75) is 24.9 Å². The van der Waals surface area contributed by atoms with Crippen LogP contribution in [0, 0.1) is 0 Å². The van der Waals surface area contributed by atoms with Crippen molar-refractivity contribution in [3.05, 3.63) is 89.6 Å². The van der Waals surface area contributed by atoms with E-state index in [1.807, 2.05) is 18.2 Å². The van der Waals surface area contributed by atoms with E-state index in [-0.39, 0.29) is 5.56 Å². The minimum Gasteiger partial charge on any atom is -0.478 e. The van der Waals surface area contributed by atoms with Gasteiger partial charge in [0.1, 0.15) is 5.69 Å². The van der Waals surface area contributed by atoms with E-state index in [1.54, 1.807) is 12.3 Å². The smallest absolute Gasteiger partial charge is 0.416 e. The second kappa shape index (κ2) is 9.58. The minimum atomic E-state index is -4.43. The molecule has 36 heavy (non-hydrogen) atoms. The normalized spacial score (nSPS) is 14.6. The van der Waals surface area contributed by atoms with Gasteiger partial charge in [0, 0.05) is 5.56 Å². The predicted octanol–water partition coefficient (Wildman–Crippen LogP) is 5.79. The number of carboxylic acid groups (broad SMARTS) is 1. The van der Waals surface area contributed by atoms with Gasteiger partial charge in [0.05, 0.1) is 23.0 Å². The van der Waals surface area contributed by atoms with Crippen molar-refractivity contribution in [1.82, 2.24) is 20.3 Å². The van der Waals surface area contributed by atoms with Crippen LogP contribution in [0.4, 0.5) is 13.2 Å². The van der Waals surface area contributed by atoms with Crippen LogP contribution in [-0.4, -0.2) is 39.2 Å². The van der Waals surface area contributed by atoms with E-state index in [2.05, 4.69) is 27.8 Å². The summed E-state index contributed by atoms with van der Waals surface area (Å²) in [5.74, 6) is -0.555. The first-order chi connectivity index (χ1) is 17.3. The molecule has 0 unspecified atom stereocenters. The number of halogens is 3. The third-order valence-electron chi connectivity index (χ3n) is 6.48. The molecular formula is C27H23F3N4O2. The quantitative estimate of drug-likeness (QED) is 0.369. The Balaban J connectivity index is 1.45. The lowest BCUT2D eigenvalue weighted by Crippen LogP contribution is -2.26. The first-order valence-electron chi connectivity index (χ1n) is 11.6. The molecule has 1 aliphatic rings. The fraction of sp³-hybridized carbons (Fsp3) is 0.222. The highest BCUT2D eigenvalue weighted by atomic mass is 19.4. The summed E-state index contributed by atoms with van der Waals surface area (Å²) in [6.07, 6.45) is -0.682. The van der Waals surface area contributed by atoms with Crippen molar-refractivity contribution in [2.75, 3.05) is 13.1 Å². The summed E-state index contributed by atoms with van der Waals surface area (Å²) in [6, 6.07) is 17.7. The highest BCUT2D eigenvalue weighted by Crippen LogP contribution is 2.32. The lowest BCUT2D eigenvalue weighted by molar-refractivity contribution is -0.137. The third-order valence-corrected chi connectivity index (χ3v) is 6.48. The fourth-order valence-electron chi connectivity index (χ4n) is 4.49. The molecule has 4 aromatic rings. The standard InChI is InChI=1S/C27H23F3N4O2/c28-27(29,30)23-5-7-24(8-6-23)34-16-25(32-33-34)21-13-20(14-22(15-21)26(35)36)18-3-1-17(2-4-18)19-9-11-31-12-10-19/h1-8,13-16,19,31H,9-12H2,(H,35,36). The molecule has 0 bridgehead atoms. The van der Waals surface area contributed by atoms with Crippen LogP contribution in [0.3, 0.4) is 0 Å². The maximum absolute atomic E-state index is 12.9. The number of aromatic carboxylic acids is 1. The number of nitrogens with one attached hydrogen (secondary N) is 1. The highest BCUT2D eigenvalue weighted by Gasteiger charge is 2.30. The Kier molecular flexibility index (Phi) is 6.32. The van der Waals surface area contributed by atoms with Crippen molar-refractivity contribution >= 4 is 5.97 Å². The predicted molar refractivity (Wildman–Crippen MR) is 129 cm³/mol. The van der Waals surface area contributed by atoms with Gasteiger partial charge in [0.15, 0.2) is 0 Å². The lowest BCUT2D eigenvalue weighted by Gasteiger charge is -2.23. The van der Waals surface area contributed by atoms with Crippen LogP contribution in [0.25, 0.3) is 28.1 Å². The molecule has 3 aromatic carbocycles. The zero-order chi connectivity index (χ0) is 25.3. The van der Waals surface area contributed by atoms with Crippen molar-refractivity contribution in [1.29, 1.82) is 0 Å². The van der Waals surface area contributed by atoms with Crippen LogP contribution in [0.5, 0.6) is 0 Å². The van der Waals surface area contributed by atoms with Gasteiger partial charge in [-0.1, -0.05) is 29.5 Å². The Labute approximate surface area is 205 Å². The molecule has 0 amide bonds. The molecule has 0 radical (unpaired) electrons. The van der Waals surface area contributed by atoms with Gasteiger partial charge in [-0.05, 0) is 91.0 Å². The van der Waals surface area contributed by atoms with Crippen LogP contribution < -0.4 is 5.32 Å². The Morgan fingerprint density at radius 1 is 0.917 bits per heavy atom. The van der Waals surface area contributed by atoms with Gasteiger partial charge >= 0.3 is 12.1 Å². The van der Waals surface area contributed by atoms with Crippen molar-refractivity contribution in [3.8, 4) is 28.1 Å². The van der Waals surface area contributed by atoms with Crippen LogP contribution in [0.2, 0.25) is 0 Å². The summed E-state index contributed by atoms with van der Waals surface area (Å²) >= 11 is 0. The van der Waals surface area contributed by atoms with Crippen LogP contribution >= 0.6 is 0 Å². The van der Waals surface area contributed by atoms with Gasteiger partial charge in [-0.25, -0.2) is 9.48 Å². The molecule has 184 valence electrons. The summed E-state index contributed by atoms with van der Waals surface area (Å²) in [5.41, 5.74) is 3.60. The molecule has 5 rings (SSSR count). The number of carboxylic acids is 1. The first kappa shape index (κ1) is 23.7. The van der Waals surface area contributed by atoms with Gasteiger partial charge in [0.2, 0.25) is 0 Å². The molecule has 1 aromatic heterocycles. The molecule has 1 aliphatic heterocycles. The molecule has 2 heterocycles. The molecule has 1 saturated heterocycles. The van der Waals surface area contributed by atoms with Crippen LogP contribution in [0.1, 0.15) is 40.2 Å². The number of carbonyl (C=O) groups is 1. The van der Waals surface area contributed by atoms with E-state index in [0.29, 0.717) is 22.9 Å². The number of aromatic nitrogens is 3. The van der Waals surface area contributed by atoms with Crippen molar-refractivity contribution < 1.29 is 23.1 Å². The SMILES string of the molecule is O=C(O)c1cc(-c2ccc(C3CCNCC3)cc2)cc(-c2cn(-c3ccc(C(F)(F)F)cc3)nn2)c1. The van der Waals surface area contributed by atoms with Crippen molar-refractivity contribution in [3.63, 3.8) is 0 Å². The van der Waals surface area contributed by atoms with Gasteiger partial charge in [-0.15, -0.1) is 5.10 Å². The monoisotopic (exact) mass is 492 g/mol. The Morgan fingerprint density at radius 3 is 2.22 bits per heavy atom. The number of hydrogen-bond acceptors (Lipinski definition) is 4. The Morgan fingerprint density at radius 2 is 1.58 bits per heavy atom. The average Bonchev–Trinajstić information content (AvgIpc) is 3.39. The number of alkyl halides is 3. The third kappa shape index (κ3) is 5.01. The maximum atomic E-state index is 12.9. The number of hydrogen-bond donors (Lipinski definition) is 2. The van der Waals surface area contributed by atoms with Crippen LogP contribution in [-0.2, 0) is 6.18 Å². The molecule has 9 heteroatoms. The highest BCUT2D eigenvalue weighted by molar-refractivity contribution is 5.91. The molecule has 0 aliphatic carbocycles. The molecular weight excluding hydrogens is 469 g/mol. The largest absolute Gasteiger partial charge is 0.478 e. The molecule has 0 atom stereocenters. The molecule has 0 spiro atoms. The zero-order valence-corrected chi connectivity index (χ0v) is 19.2. The summed E-state index contributed by atoms with van der Waals surface area (Å²) in [4.78, 5) is 11.8. The minimum absolute atomic E-state index is 0.106. The molecule has 0 saturated carbocycles. The van der Waals surface area contributed by atoms with Crippen LogP contribution in [0.15, 0.2) is 72.9 Å². The number of benzene rings is 3. The second-order valence-corrected chi connectivity index (χ2v) is 8.84. The first-order valence-corrected chi connectivity index (χ1v) is 11.6. The van der Waals surface area contributed by atoms with E-state index >= 15 is 0 Å². The van der Waals surface area contributed by atoms with E-state index in [0.717, 1.165) is 49.2 Å². The van der Waals surface area contributed by atoms with Gasteiger partial charge in [-0.2, -0.15) is 13.2 Å². The average molecular weight is 493 g/mol. The number of nitrogens with zero attached hydrogens (tertiary/aromatic N) is 3. The van der Waals surface area contributed by atoms with E-state index in [1.165, 1.54) is 28.4 Å². The summed E-state index contributed by atoms with van der Waals surface area (Å²) in [6.45, 7) is 2.01. The summed E-state index contributed by atoms with van der Waals surface area (Å²) in [5, 5.41) is 21.2. The molecule has 6 nitrogen and oxygen atoms in total. The zero-order valence-electron chi connectivity index (χ0n) is 19.2. The topological polar surface area (TPSA) is 80.0 Å². The number of rotatable bonds is 5. The number of piperidine rings is 1. The van der Waals surface area contributed by atoms with Gasteiger partial charge < -0.3 is 10.4 Å². The lowest BCUT2D eigenvalue weighted by atomic mass is 9.89. The molecule has 1 fully saturated rings. The molecule has 2 N–H and O–H groups in total. The summed E-state index contributed by atoms with van der Waals surface area (Å²) in [7, 11) is 0. The Hall–Kier alpha value is -3.98. The fourth-order valence-corrected chi connectivity index (χ4v) is 4.49. The Bertz CT molecular complexity index is 1370. The van der Waals surface area contributed by atoms with Crippen molar-refractivity contribution in [2.24, 2.45) is 0 Å².